The summed E-state index contributed by atoms with van der Waals surface area (Å²) in [4.78, 5) is 27.5. The van der Waals surface area contributed by atoms with E-state index >= 15 is 0 Å². The summed E-state index contributed by atoms with van der Waals surface area (Å²) in [7, 11) is 2.03. The molecule has 1 saturated heterocycles. The monoisotopic (exact) mass is 488 g/mol. The van der Waals surface area contributed by atoms with Crippen molar-refractivity contribution in [3.8, 4) is 0 Å². The lowest BCUT2D eigenvalue weighted by atomic mass is 9.88. The second kappa shape index (κ2) is 10.8. The number of likely N-dealkylation sites (N-methyl/N-ethyl adjacent to an activating group) is 1. The maximum Gasteiger partial charge on any atom is 0.248 e. The average Bonchev–Trinajstić information content (AvgIpc) is 3.24. The van der Waals surface area contributed by atoms with E-state index in [4.69, 9.17) is 17.3 Å². The predicted octanol–water partition coefficient (Wildman–Crippen LogP) is 5.17. The van der Waals surface area contributed by atoms with Crippen molar-refractivity contribution in [2.45, 2.75) is 12.8 Å². The summed E-state index contributed by atoms with van der Waals surface area (Å²) in [6.45, 7) is 3.40. The van der Waals surface area contributed by atoms with Gasteiger partial charge in [-0.3, -0.25) is 9.59 Å². The zero-order chi connectivity index (χ0) is 24.9. The molecule has 2 amide bonds. The van der Waals surface area contributed by atoms with Gasteiger partial charge in [-0.2, -0.15) is 0 Å². The smallest absolute Gasteiger partial charge is 0.248 e. The van der Waals surface area contributed by atoms with Crippen molar-refractivity contribution in [3.05, 3.63) is 94.5 Å². The van der Waals surface area contributed by atoms with Crippen LogP contribution in [0.5, 0.6) is 0 Å². The topological polar surface area (TPSA) is 87.5 Å². The van der Waals surface area contributed by atoms with E-state index < -0.39 is 0 Å². The van der Waals surface area contributed by atoms with Crippen LogP contribution in [0.2, 0.25) is 5.02 Å². The number of carbonyl (C=O) groups is 2. The maximum absolute atomic E-state index is 13.1. The molecule has 6 nitrogen and oxygen atoms in total. The van der Waals surface area contributed by atoms with E-state index in [1.165, 1.54) is 6.08 Å². The van der Waals surface area contributed by atoms with Crippen molar-refractivity contribution < 1.29 is 9.59 Å². The van der Waals surface area contributed by atoms with Crippen LogP contribution in [0.25, 0.3) is 6.08 Å². The van der Waals surface area contributed by atoms with Crippen molar-refractivity contribution in [1.82, 2.24) is 4.90 Å². The molecule has 0 spiro atoms. The summed E-state index contributed by atoms with van der Waals surface area (Å²) in [6.07, 6.45) is 3.24. The summed E-state index contributed by atoms with van der Waals surface area (Å²) >= 11 is 6.11. The van der Waals surface area contributed by atoms with Crippen LogP contribution in [-0.2, 0) is 9.59 Å². The van der Waals surface area contributed by atoms with E-state index in [1.54, 1.807) is 24.3 Å². The quantitative estimate of drug-likeness (QED) is 0.330. The Morgan fingerprint density at radius 2 is 1.77 bits per heavy atom. The van der Waals surface area contributed by atoms with Gasteiger partial charge in [0.2, 0.25) is 11.8 Å². The first-order chi connectivity index (χ1) is 16.8. The molecule has 1 aliphatic heterocycles. The van der Waals surface area contributed by atoms with Crippen LogP contribution in [0.3, 0.4) is 0 Å². The SMILES string of the molecule is Cc1cc(NC(=O)[C@H]2CN(C)C[C@@H]2c2ccc(/C=C/C(=O)Nc3ccccc3N)cc2)ccc1Cl. The lowest BCUT2D eigenvalue weighted by molar-refractivity contribution is -0.119. The largest absolute Gasteiger partial charge is 0.397 e. The number of nitrogens with one attached hydrogen (secondary N) is 2. The second-order valence-electron chi connectivity index (χ2n) is 8.96. The van der Waals surface area contributed by atoms with Gasteiger partial charge in [-0.15, -0.1) is 0 Å². The highest BCUT2D eigenvalue weighted by molar-refractivity contribution is 6.31. The highest BCUT2D eigenvalue weighted by atomic mass is 35.5. The van der Waals surface area contributed by atoms with Crippen LogP contribution in [0, 0.1) is 12.8 Å². The zero-order valence-corrected chi connectivity index (χ0v) is 20.5. The molecule has 180 valence electrons. The Balaban J connectivity index is 1.41. The van der Waals surface area contributed by atoms with Gasteiger partial charge in [-0.05, 0) is 67.1 Å². The van der Waals surface area contributed by atoms with E-state index in [1.807, 2.05) is 62.5 Å². The summed E-state index contributed by atoms with van der Waals surface area (Å²) in [5, 5.41) is 6.51. The third-order valence-corrected chi connectivity index (χ3v) is 6.70. The van der Waals surface area contributed by atoms with Gasteiger partial charge in [0.05, 0.1) is 17.3 Å². The van der Waals surface area contributed by atoms with Crippen LogP contribution in [0.4, 0.5) is 17.1 Å². The fraction of sp³-hybridized carbons (Fsp3) is 0.214. The van der Waals surface area contributed by atoms with Gasteiger partial charge in [0.25, 0.3) is 0 Å². The number of amides is 2. The van der Waals surface area contributed by atoms with Crippen molar-refractivity contribution in [1.29, 1.82) is 0 Å². The number of nitrogens with two attached hydrogens (primary N) is 1. The normalized spacial score (nSPS) is 18.0. The Labute approximate surface area is 210 Å². The number of hydrogen-bond acceptors (Lipinski definition) is 4. The average molecular weight is 489 g/mol. The number of anilines is 3. The predicted molar refractivity (Wildman–Crippen MR) is 144 cm³/mol. The molecule has 1 fully saturated rings. The molecule has 4 N–H and O–H groups in total. The Bertz CT molecular complexity index is 1260. The molecule has 0 aromatic heterocycles. The third kappa shape index (κ3) is 6.10. The van der Waals surface area contributed by atoms with Gasteiger partial charge in [-0.1, -0.05) is 48.0 Å². The van der Waals surface area contributed by atoms with Gasteiger partial charge in [0, 0.05) is 35.8 Å². The molecular formula is C28H29ClN4O2. The van der Waals surface area contributed by atoms with Crippen LogP contribution < -0.4 is 16.4 Å². The molecule has 2 atom stereocenters. The van der Waals surface area contributed by atoms with E-state index in [0.29, 0.717) is 22.9 Å². The number of rotatable bonds is 6. The Kier molecular flexibility index (Phi) is 7.54. The molecule has 0 radical (unpaired) electrons. The first kappa shape index (κ1) is 24.5. The molecule has 1 heterocycles. The van der Waals surface area contributed by atoms with E-state index in [9.17, 15) is 9.59 Å². The minimum atomic E-state index is -0.251. The number of carbonyl (C=O) groups excluding carboxylic acids is 2. The third-order valence-electron chi connectivity index (χ3n) is 6.28. The summed E-state index contributed by atoms with van der Waals surface area (Å²) in [6, 6.07) is 20.6. The molecular weight excluding hydrogens is 460 g/mol. The lowest BCUT2D eigenvalue weighted by Crippen LogP contribution is -2.28. The summed E-state index contributed by atoms with van der Waals surface area (Å²) < 4.78 is 0. The minimum Gasteiger partial charge on any atom is -0.397 e. The highest BCUT2D eigenvalue weighted by Gasteiger charge is 2.37. The molecule has 4 rings (SSSR count). The van der Waals surface area contributed by atoms with Crippen molar-refractivity contribution in [3.63, 3.8) is 0 Å². The zero-order valence-electron chi connectivity index (χ0n) is 19.8. The Hall–Kier alpha value is -3.61. The molecule has 0 bridgehead atoms. The summed E-state index contributed by atoms with van der Waals surface area (Å²) in [5.41, 5.74) is 10.6. The standard InChI is InChI=1S/C28H29ClN4O2/c1-18-15-21(12-13-24(18)29)31-28(35)23-17-33(2)16-22(23)20-10-7-19(8-11-20)9-14-27(34)32-26-6-4-3-5-25(26)30/h3-15,22-23H,16-17,30H2,1-2H3,(H,31,35)(H,32,34)/b14-9+/t22-,23+/m1/s1. The first-order valence-electron chi connectivity index (χ1n) is 11.5. The van der Waals surface area contributed by atoms with Crippen LogP contribution in [-0.4, -0.2) is 36.9 Å². The Morgan fingerprint density at radius 1 is 1.03 bits per heavy atom. The minimum absolute atomic E-state index is 0.00176. The fourth-order valence-corrected chi connectivity index (χ4v) is 4.49. The number of nitrogens with zero attached hydrogens (tertiary/aromatic N) is 1. The molecule has 0 saturated carbocycles. The molecule has 0 unspecified atom stereocenters. The number of likely N-dealkylation sites (tertiary alicyclic amines) is 1. The van der Waals surface area contributed by atoms with Gasteiger partial charge >= 0.3 is 0 Å². The van der Waals surface area contributed by atoms with E-state index in [2.05, 4.69) is 15.5 Å². The maximum atomic E-state index is 13.1. The Morgan fingerprint density at radius 3 is 2.49 bits per heavy atom. The van der Waals surface area contributed by atoms with Crippen molar-refractivity contribution >= 4 is 46.6 Å². The van der Waals surface area contributed by atoms with Crippen molar-refractivity contribution in [2.24, 2.45) is 5.92 Å². The van der Waals surface area contributed by atoms with Gasteiger partial charge < -0.3 is 21.3 Å². The molecule has 0 aliphatic carbocycles. The molecule has 7 heteroatoms. The van der Waals surface area contributed by atoms with Gasteiger partial charge in [0.15, 0.2) is 0 Å². The van der Waals surface area contributed by atoms with Crippen LogP contribution in [0.15, 0.2) is 72.8 Å². The van der Waals surface area contributed by atoms with Crippen LogP contribution in [0.1, 0.15) is 22.6 Å². The molecule has 1 aliphatic rings. The van der Waals surface area contributed by atoms with Gasteiger partial charge in [0.1, 0.15) is 0 Å². The number of aryl methyl sites for hydroxylation is 1. The fourth-order valence-electron chi connectivity index (χ4n) is 4.37. The number of benzene rings is 3. The molecule has 3 aromatic rings. The molecule has 35 heavy (non-hydrogen) atoms. The van der Waals surface area contributed by atoms with Crippen LogP contribution >= 0.6 is 11.6 Å². The van der Waals surface area contributed by atoms with E-state index in [0.717, 1.165) is 28.9 Å². The number of nitrogen functional groups attached to an aromatic ring is 1. The lowest BCUT2D eigenvalue weighted by Gasteiger charge is -2.19. The van der Waals surface area contributed by atoms with E-state index in [-0.39, 0.29) is 23.7 Å². The summed E-state index contributed by atoms with van der Waals surface area (Å²) in [5.74, 6) is -0.337. The highest BCUT2D eigenvalue weighted by Crippen LogP contribution is 2.33. The number of halogens is 1. The first-order valence-corrected chi connectivity index (χ1v) is 11.9. The van der Waals surface area contributed by atoms with Gasteiger partial charge in [-0.25, -0.2) is 0 Å². The second-order valence-corrected chi connectivity index (χ2v) is 9.37. The molecule has 3 aromatic carbocycles. The van der Waals surface area contributed by atoms with Crippen molar-refractivity contribution in [2.75, 3.05) is 36.5 Å². The number of para-hydroxylation sites is 2. The number of hydrogen-bond donors (Lipinski definition) is 3.